The minimum atomic E-state index is -0.519. The van der Waals surface area contributed by atoms with Crippen LogP contribution < -0.4 is 10.1 Å². The molecule has 0 saturated carbocycles. The molecule has 0 aliphatic carbocycles. The topological polar surface area (TPSA) is 50.8 Å². The molecule has 2 atom stereocenters. The number of likely N-dealkylation sites (tertiary alicyclic amines) is 1. The van der Waals surface area contributed by atoms with E-state index in [1.807, 2.05) is 87.7 Å². The summed E-state index contributed by atoms with van der Waals surface area (Å²) in [4.78, 5) is 14.2. The predicted octanol–water partition coefficient (Wildman–Crippen LogP) is 8.93. The molecule has 5 heteroatoms. The second-order valence-corrected chi connectivity index (χ2v) is 9.26. The van der Waals surface area contributed by atoms with Crippen molar-refractivity contribution in [2.75, 3.05) is 27.2 Å². The number of rotatable bonds is 4. The minimum Gasteiger partial charge on any atom is -0.481 e. The van der Waals surface area contributed by atoms with E-state index in [2.05, 4.69) is 55.6 Å². The van der Waals surface area contributed by atoms with Crippen molar-refractivity contribution in [2.45, 2.75) is 99.7 Å². The van der Waals surface area contributed by atoms with E-state index >= 15 is 0 Å². The van der Waals surface area contributed by atoms with Crippen LogP contribution in [0.4, 0.5) is 4.79 Å². The zero-order valence-corrected chi connectivity index (χ0v) is 26.9. The molecule has 2 unspecified atom stereocenters. The number of fused-ring (bicyclic) bond motifs is 1. The first-order valence-electron chi connectivity index (χ1n) is 15.0. The summed E-state index contributed by atoms with van der Waals surface area (Å²) in [6, 6.07) is 17.1. The average Bonchev–Trinajstić information content (AvgIpc) is 3.38. The van der Waals surface area contributed by atoms with Gasteiger partial charge in [0.05, 0.1) is 12.6 Å². The first-order valence-corrected chi connectivity index (χ1v) is 15.0. The second-order valence-electron chi connectivity index (χ2n) is 9.26. The van der Waals surface area contributed by atoms with Crippen molar-refractivity contribution >= 4 is 11.7 Å². The smallest absolute Gasteiger partial charge is 0.410 e. The molecule has 2 aromatic rings. The highest BCUT2D eigenvalue weighted by atomic mass is 16.6. The van der Waals surface area contributed by atoms with E-state index in [1.54, 1.807) is 4.90 Å². The molecule has 0 aromatic heterocycles. The van der Waals surface area contributed by atoms with Crippen molar-refractivity contribution in [2.24, 2.45) is 0 Å². The number of nitrogens with zero attached hydrogens (tertiary/aromatic N) is 1. The molecule has 2 heterocycles. The third-order valence-corrected chi connectivity index (χ3v) is 6.16. The predicted molar refractivity (Wildman–Crippen MR) is 169 cm³/mol. The first-order chi connectivity index (χ1) is 18.8. The Morgan fingerprint density at radius 3 is 2.08 bits per heavy atom. The number of amides is 1. The Hall–Kier alpha value is -2.79. The van der Waals surface area contributed by atoms with Crippen molar-refractivity contribution in [1.82, 2.24) is 10.2 Å². The summed E-state index contributed by atoms with van der Waals surface area (Å²) in [6.45, 7) is 21.4. The van der Waals surface area contributed by atoms with E-state index in [0.717, 1.165) is 24.2 Å². The van der Waals surface area contributed by atoms with Crippen LogP contribution in [0.3, 0.4) is 0 Å². The van der Waals surface area contributed by atoms with Crippen molar-refractivity contribution in [3.05, 3.63) is 71.3 Å². The highest BCUT2D eigenvalue weighted by Crippen LogP contribution is 2.43. The summed E-state index contributed by atoms with van der Waals surface area (Å²) in [5.41, 5.74) is 4.30. The average molecular weight is 541 g/mol. The summed E-state index contributed by atoms with van der Waals surface area (Å²) in [5.74, 6) is 1.43. The molecule has 0 bridgehead atoms. The molecule has 1 N–H and O–H groups in total. The Balaban J connectivity index is 0.00000145. The van der Waals surface area contributed by atoms with E-state index in [1.165, 1.54) is 16.7 Å². The summed E-state index contributed by atoms with van der Waals surface area (Å²) in [7, 11) is 3.75. The van der Waals surface area contributed by atoms with E-state index in [0.29, 0.717) is 19.0 Å². The molecule has 220 valence electrons. The fourth-order valence-corrected chi connectivity index (χ4v) is 4.27. The number of hydrogen-bond acceptors (Lipinski definition) is 4. The lowest BCUT2D eigenvalue weighted by molar-refractivity contribution is 0.0721. The van der Waals surface area contributed by atoms with Gasteiger partial charge in [-0.2, -0.15) is 0 Å². The lowest BCUT2D eigenvalue weighted by Gasteiger charge is -2.34. The maximum Gasteiger partial charge on any atom is 0.410 e. The quantitative estimate of drug-likeness (QED) is 0.420. The number of nitrogens with one attached hydrogen (secondary N) is 1. The summed E-state index contributed by atoms with van der Waals surface area (Å²) in [6.07, 6.45) is 3.71. The summed E-state index contributed by atoms with van der Waals surface area (Å²) >= 11 is 0. The number of para-hydroxylation sites is 1. The summed E-state index contributed by atoms with van der Waals surface area (Å²) in [5, 5.41) is 2.75. The standard InChI is InChI=1S/C26H31NO3.C2H7N.3C2H6/c1-5-19(4)20-10-12-21(13-11-20)23-16-26(30-24-9-7-6-8-22(23)24)14-15-27(17-26)25(28)29-18(2)3;1-3-2;3*1-2/h6-13,16,18-19H,5,14-15,17H2,1-4H3;3H,1-2H3;3*1-2H3. The molecule has 1 fully saturated rings. The fourth-order valence-electron chi connectivity index (χ4n) is 4.27. The third-order valence-electron chi connectivity index (χ3n) is 6.16. The van der Waals surface area contributed by atoms with E-state index < -0.39 is 5.60 Å². The molecule has 1 spiro atoms. The highest BCUT2D eigenvalue weighted by molar-refractivity contribution is 5.85. The maximum absolute atomic E-state index is 12.4. The van der Waals surface area contributed by atoms with Gasteiger partial charge in [-0.25, -0.2) is 4.79 Å². The monoisotopic (exact) mass is 540 g/mol. The lowest BCUT2D eigenvalue weighted by Crippen LogP contribution is -2.41. The Kier molecular flexibility index (Phi) is 17.9. The molecule has 2 aromatic carbocycles. The molecule has 1 saturated heterocycles. The van der Waals surface area contributed by atoms with Crippen LogP contribution in [0.1, 0.15) is 105 Å². The van der Waals surface area contributed by atoms with Crippen LogP contribution in [0.15, 0.2) is 54.6 Å². The molecule has 39 heavy (non-hydrogen) atoms. The fraction of sp³-hybridized carbons (Fsp3) is 0.559. The van der Waals surface area contributed by atoms with Crippen LogP contribution in [0, 0.1) is 0 Å². The maximum atomic E-state index is 12.4. The number of ether oxygens (including phenoxy) is 2. The Morgan fingerprint density at radius 1 is 0.974 bits per heavy atom. The normalized spacial score (nSPS) is 17.3. The van der Waals surface area contributed by atoms with E-state index in [9.17, 15) is 4.79 Å². The molecule has 2 aliphatic rings. The summed E-state index contributed by atoms with van der Waals surface area (Å²) < 4.78 is 11.9. The van der Waals surface area contributed by atoms with Gasteiger partial charge in [-0.05, 0) is 69.1 Å². The van der Waals surface area contributed by atoms with Gasteiger partial charge in [-0.15, -0.1) is 0 Å². The lowest BCUT2D eigenvalue weighted by atomic mass is 9.87. The van der Waals surface area contributed by atoms with Gasteiger partial charge in [-0.1, -0.05) is 97.9 Å². The van der Waals surface area contributed by atoms with Gasteiger partial charge >= 0.3 is 6.09 Å². The molecular formula is C34H56N2O3. The van der Waals surface area contributed by atoms with Crippen molar-refractivity contribution < 1.29 is 14.3 Å². The zero-order valence-electron chi connectivity index (χ0n) is 26.9. The van der Waals surface area contributed by atoms with Crippen molar-refractivity contribution in [3.8, 4) is 5.75 Å². The highest BCUT2D eigenvalue weighted by Gasteiger charge is 2.44. The Morgan fingerprint density at radius 2 is 1.54 bits per heavy atom. The number of benzene rings is 2. The van der Waals surface area contributed by atoms with Gasteiger partial charge in [0.1, 0.15) is 11.4 Å². The van der Waals surface area contributed by atoms with Crippen LogP contribution in [-0.2, 0) is 4.74 Å². The molecular weight excluding hydrogens is 484 g/mol. The van der Waals surface area contributed by atoms with Gasteiger partial charge in [-0.3, -0.25) is 0 Å². The largest absolute Gasteiger partial charge is 0.481 e. The number of carbonyl (C=O) groups is 1. The van der Waals surface area contributed by atoms with Crippen LogP contribution in [0.5, 0.6) is 5.75 Å². The van der Waals surface area contributed by atoms with E-state index in [4.69, 9.17) is 9.47 Å². The SMILES string of the molecule is CC.CC.CC.CCC(C)c1ccc(C2=CC3(CCN(C(=O)OC(C)C)C3)Oc3ccccc32)cc1.CNC. The number of hydrogen-bond donors (Lipinski definition) is 1. The molecule has 5 nitrogen and oxygen atoms in total. The third kappa shape index (κ3) is 10.4. The molecule has 2 aliphatic heterocycles. The van der Waals surface area contributed by atoms with Crippen molar-refractivity contribution in [3.63, 3.8) is 0 Å². The van der Waals surface area contributed by atoms with Gasteiger partial charge in [0.25, 0.3) is 0 Å². The van der Waals surface area contributed by atoms with Gasteiger partial charge in [0.2, 0.25) is 0 Å². The van der Waals surface area contributed by atoms with Gasteiger partial charge < -0.3 is 19.7 Å². The number of carbonyl (C=O) groups excluding carboxylic acids is 1. The van der Waals surface area contributed by atoms with Crippen LogP contribution >= 0.6 is 0 Å². The molecule has 0 radical (unpaired) electrons. The second kappa shape index (κ2) is 19.3. The minimum absolute atomic E-state index is 0.128. The molecule has 4 rings (SSSR count). The van der Waals surface area contributed by atoms with Gasteiger partial charge in [0, 0.05) is 18.5 Å². The molecule has 1 amide bonds. The van der Waals surface area contributed by atoms with E-state index in [-0.39, 0.29) is 12.2 Å². The Labute approximate surface area is 240 Å². The first kappa shape index (κ1) is 36.2. The van der Waals surface area contributed by atoms with Gasteiger partial charge in [0.15, 0.2) is 0 Å². The Bertz CT molecular complexity index is 969. The van der Waals surface area contributed by atoms with Crippen molar-refractivity contribution in [1.29, 1.82) is 0 Å². The van der Waals surface area contributed by atoms with Crippen LogP contribution in [0.2, 0.25) is 0 Å². The van der Waals surface area contributed by atoms with Crippen LogP contribution in [0.25, 0.3) is 5.57 Å². The zero-order chi connectivity index (χ0) is 30.0. The van der Waals surface area contributed by atoms with Crippen LogP contribution in [-0.4, -0.2) is 49.9 Å².